The zero-order valence-corrected chi connectivity index (χ0v) is 12.0. The van der Waals surface area contributed by atoms with E-state index < -0.39 is 11.7 Å². The van der Waals surface area contributed by atoms with Gasteiger partial charge in [0.25, 0.3) is 0 Å². The number of alkyl halides is 3. The summed E-state index contributed by atoms with van der Waals surface area (Å²) in [5, 5.41) is 5.80. The first kappa shape index (κ1) is 15.9. The number of anilines is 2. The monoisotopic (exact) mass is 303 g/mol. The van der Waals surface area contributed by atoms with E-state index >= 15 is 0 Å². The Balaban J connectivity index is 2.00. The van der Waals surface area contributed by atoms with Crippen LogP contribution in [0.1, 0.15) is 25.3 Å². The molecule has 1 aromatic rings. The van der Waals surface area contributed by atoms with Crippen LogP contribution in [0.2, 0.25) is 0 Å². The van der Waals surface area contributed by atoms with Gasteiger partial charge in [0.15, 0.2) is 0 Å². The summed E-state index contributed by atoms with van der Waals surface area (Å²) in [5.74, 6) is 0.968. The number of ether oxygens (including phenoxy) is 1. The van der Waals surface area contributed by atoms with Gasteiger partial charge in [0.2, 0.25) is 0 Å². The highest BCUT2D eigenvalue weighted by Crippen LogP contribution is 2.32. The van der Waals surface area contributed by atoms with E-state index in [1.807, 2.05) is 6.92 Å². The third kappa shape index (κ3) is 4.77. The summed E-state index contributed by atoms with van der Waals surface area (Å²) in [6.45, 7) is 4.44. The molecule has 1 saturated heterocycles. The molecule has 1 aliphatic heterocycles. The zero-order chi connectivity index (χ0) is 15.3. The van der Waals surface area contributed by atoms with Gasteiger partial charge in [-0.2, -0.15) is 13.2 Å². The quantitative estimate of drug-likeness (QED) is 0.846. The Morgan fingerprint density at radius 2 is 2.00 bits per heavy atom. The van der Waals surface area contributed by atoms with Crippen molar-refractivity contribution in [2.75, 3.05) is 36.9 Å². The molecule has 0 amide bonds. The van der Waals surface area contributed by atoms with E-state index in [1.165, 1.54) is 0 Å². The van der Waals surface area contributed by atoms with Crippen molar-refractivity contribution in [1.82, 2.24) is 4.98 Å². The lowest BCUT2D eigenvalue weighted by Gasteiger charge is -2.14. The number of aromatic nitrogens is 1. The minimum absolute atomic E-state index is 0.235. The maximum atomic E-state index is 12.9. The van der Waals surface area contributed by atoms with Gasteiger partial charge in [0.1, 0.15) is 11.6 Å². The fourth-order valence-electron chi connectivity index (χ4n) is 2.27. The van der Waals surface area contributed by atoms with E-state index in [0.717, 1.165) is 38.2 Å². The molecule has 0 bridgehead atoms. The van der Waals surface area contributed by atoms with Crippen LogP contribution in [0.25, 0.3) is 0 Å². The summed E-state index contributed by atoms with van der Waals surface area (Å²) in [6.07, 6.45) is -2.49. The number of hydrogen-bond acceptors (Lipinski definition) is 4. The van der Waals surface area contributed by atoms with Crippen molar-refractivity contribution in [2.24, 2.45) is 5.92 Å². The fraction of sp³-hybridized carbons (Fsp3) is 0.643. The lowest BCUT2D eigenvalue weighted by molar-refractivity contribution is -0.137. The van der Waals surface area contributed by atoms with Gasteiger partial charge in [-0.25, -0.2) is 4.98 Å². The zero-order valence-electron chi connectivity index (χ0n) is 12.0. The predicted molar refractivity (Wildman–Crippen MR) is 75.4 cm³/mol. The number of halogens is 3. The van der Waals surface area contributed by atoms with Gasteiger partial charge in [-0.3, -0.25) is 0 Å². The second-order valence-corrected chi connectivity index (χ2v) is 5.10. The summed E-state index contributed by atoms with van der Waals surface area (Å²) in [7, 11) is 0. The van der Waals surface area contributed by atoms with Crippen LogP contribution in [0.15, 0.2) is 12.1 Å². The lowest BCUT2D eigenvalue weighted by atomic mass is 10.1. The molecule has 118 valence electrons. The minimum atomic E-state index is -4.37. The molecule has 1 unspecified atom stereocenters. The van der Waals surface area contributed by atoms with Crippen molar-refractivity contribution in [2.45, 2.75) is 25.9 Å². The molecule has 2 rings (SSSR count). The van der Waals surface area contributed by atoms with Gasteiger partial charge < -0.3 is 15.4 Å². The number of nitrogens with one attached hydrogen (secondary N) is 2. The predicted octanol–water partition coefficient (Wildman–Crippen LogP) is 3.37. The Morgan fingerprint density at radius 3 is 2.57 bits per heavy atom. The Hall–Kier alpha value is -1.50. The summed E-state index contributed by atoms with van der Waals surface area (Å²) in [4.78, 5) is 4.15. The van der Waals surface area contributed by atoms with Crippen LogP contribution in [0.3, 0.4) is 0 Å². The van der Waals surface area contributed by atoms with Crippen molar-refractivity contribution >= 4 is 11.6 Å². The largest absolute Gasteiger partial charge is 0.416 e. The Bertz CT molecular complexity index is 459. The first-order valence-corrected chi connectivity index (χ1v) is 7.14. The van der Waals surface area contributed by atoms with Crippen molar-refractivity contribution in [3.63, 3.8) is 0 Å². The molecule has 0 aromatic carbocycles. The molecule has 4 nitrogen and oxygen atoms in total. The van der Waals surface area contributed by atoms with E-state index in [9.17, 15) is 13.2 Å². The van der Waals surface area contributed by atoms with Crippen LogP contribution >= 0.6 is 0 Å². The molecule has 0 aliphatic carbocycles. The third-order valence-electron chi connectivity index (χ3n) is 3.39. The van der Waals surface area contributed by atoms with Crippen LogP contribution in [0.4, 0.5) is 24.8 Å². The highest BCUT2D eigenvalue weighted by molar-refractivity contribution is 5.49. The molecule has 2 N–H and O–H groups in total. The molecule has 1 aliphatic rings. The van der Waals surface area contributed by atoms with Crippen molar-refractivity contribution < 1.29 is 17.9 Å². The van der Waals surface area contributed by atoms with Crippen LogP contribution < -0.4 is 10.6 Å². The average molecular weight is 303 g/mol. The average Bonchev–Trinajstić information content (AvgIpc) is 2.91. The standard InChI is InChI=1S/C14H20F3N3O/c1-2-18-12-7-11(14(15,16)17)8-13(20-12)19-5-3-10-4-6-21-9-10/h7-8,10H,2-6,9H2,1H3,(H2,18,19,20). The van der Waals surface area contributed by atoms with Crippen LogP contribution in [0.5, 0.6) is 0 Å². The maximum Gasteiger partial charge on any atom is 0.416 e. The first-order valence-electron chi connectivity index (χ1n) is 7.14. The Morgan fingerprint density at radius 1 is 1.29 bits per heavy atom. The van der Waals surface area contributed by atoms with Crippen molar-refractivity contribution in [1.29, 1.82) is 0 Å². The fourth-order valence-corrected chi connectivity index (χ4v) is 2.27. The molecule has 0 spiro atoms. The minimum Gasteiger partial charge on any atom is -0.381 e. The SMILES string of the molecule is CCNc1cc(C(F)(F)F)cc(NCCC2CCOC2)n1. The van der Waals surface area contributed by atoms with E-state index in [-0.39, 0.29) is 11.6 Å². The normalized spacial score (nSPS) is 18.8. The van der Waals surface area contributed by atoms with Gasteiger partial charge in [-0.1, -0.05) is 0 Å². The molecule has 0 saturated carbocycles. The van der Waals surface area contributed by atoms with Gasteiger partial charge in [0.05, 0.1) is 5.56 Å². The molecule has 21 heavy (non-hydrogen) atoms. The number of nitrogens with zero attached hydrogens (tertiary/aromatic N) is 1. The van der Waals surface area contributed by atoms with Crippen LogP contribution in [-0.2, 0) is 10.9 Å². The molecule has 2 heterocycles. The second kappa shape index (κ2) is 6.98. The maximum absolute atomic E-state index is 12.9. The van der Waals surface area contributed by atoms with Gasteiger partial charge >= 0.3 is 6.18 Å². The number of rotatable bonds is 6. The van der Waals surface area contributed by atoms with E-state index in [2.05, 4.69) is 15.6 Å². The molecule has 1 aromatic heterocycles. The van der Waals surface area contributed by atoms with Crippen LogP contribution in [0, 0.1) is 5.92 Å². The van der Waals surface area contributed by atoms with Crippen molar-refractivity contribution in [3.05, 3.63) is 17.7 Å². The molecule has 0 radical (unpaired) electrons. The van der Waals surface area contributed by atoms with Crippen molar-refractivity contribution in [3.8, 4) is 0 Å². The molecular formula is C14H20F3N3O. The summed E-state index contributed by atoms with van der Waals surface area (Å²) in [5.41, 5.74) is -0.694. The van der Waals surface area contributed by atoms with E-state index in [0.29, 0.717) is 19.0 Å². The topological polar surface area (TPSA) is 46.2 Å². The lowest BCUT2D eigenvalue weighted by Crippen LogP contribution is -2.13. The van der Waals surface area contributed by atoms with Crippen LogP contribution in [-0.4, -0.2) is 31.3 Å². The highest BCUT2D eigenvalue weighted by atomic mass is 19.4. The summed E-state index contributed by atoms with van der Waals surface area (Å²) < 4.78 is 43.8. The second-order valence-electron chi connectivity index (χ2n) is 5.10. The molecular weight excluding hydrogens is 283 g/mol. The molecule has 1 atom stereocenters. The molecule has 1 fully saturated rings. The number of pyridine rings is 1. The summed E-state index contributed by atoms with van der Waals surface area (Å²) in [6, 6.07) is 2.07. The van der Waals surface area contributed by atoms with E-state index in [1.54, 1.807) is 0 Å². The van der Waals surface area contributed by atoms with Gasteiger partial charge in [-0.15, -0.1) is 0 Å². The Labute approximate surface area is 122 Å². The highest BCUT2D eigenvalue weighted by Gasteiger charge is 2.31. The van der Waals surface area contributed by atoms with E-state index in [4.69, 9.17) is 4.74 Å². The van der Waals surface area contributed by atoms with Gasteiger partial charge in [-0.05, 0) is 37.8 Å². The third-order valence-corrected chi connectivity index (χ3v) is 3.39. The molecule has 7 heteroatoms. The first-order chi connectivity index (χ1) is 9.99. The van der Waals surface area contributed by atoms with Gasteiger partial charge in [0, 0.05) is 26.3 Å². The smallest absolute Gasteiger partial charge is 0.381 e. The Kier molecular flexibility index (Phi) is 5.27. The summed E-state index contributed by atoms with van der Waals surface area (Å²) >= 11 is 0. The number of hydrogen-bond donors (Lipinski definition) is 2.